The molecular formula is C18H16ClFN4O. The number of aryl methyl sites for hydroxylation is 2. The van der Waals surface area contributed by atoms with Gasteiger partial charge in [0.25, 0.3) is 5.91 Å². The molecule has 2 heterocycles. The number of carbonyl (C=O) groups is 1. The van der Waals surface area contributed by atoms with Gasteiger partial charge in [0.05, 0.1) is 17.8 Å². The van der Waals surface area contributed by atoms with Gasteiger partial charge in [-0.15, -0.1) is 0 Å². The topological polar surface area (TPSA) is 59.8 Å². The predicted molar refractivity (Wildman–Crippen MR) is 94.4 cm³/mol. The standard InChI is InChI=1S/C18H16ClFN4O/c1-11-4-3-5-15(21-11)22-18(25)16-12(2)23-24(17(16)19)10-13-6-8-14(20)9-7-13/h3-9H,10H2,1-2H3,(H,21,22,25). The molecule has 0 aliphatic heterocycles. The first-order valence-electron chi connectivity index (χ1n) is 7.66. The zero-order valence-corrected chi connectivity index (χ0v) is 14.5. The monoisotopic (exact) mass is 358 g/mol. The van der Waals surface area contributed by atoms with Gasteiger partial charge in [0.1, 0.15) is 16.8 Å². The number of benzene rings is 1. The highest BCUT2D eigenvalue weighted by Crippen LogP contribution is 2.22. The van der Waals surface area contributed by atoms with Gasteiger partial charge in [0.2, 0.25) is 0 Å². The zero-order chi connectivity index (χ0) is 18.0. The van der Waals surface area contributed by atoms with Crippen LogP contribution in [0.5, 0.6) is 0 Å². The Bertz CT molecular complexity index is 921. The Morgan fingerprint density at radius 1 is 1.20 bits per heavy atom. The van der Waals surface area contributed by atoms with E-state index in [1.54, 1.807) is 25.1 Å². The van der Waals surface area contributed by atoms with Gasteiger partial charge in [-0.1, -0.05) is 29.8 Å². The molecule has 0 radical (unpaired) electrons. The van der Waals surface area contributed by atoms with Gasteiger partial charge in [-0.05, 0) is 43.7 Å². The second-order valence-corrected chi connectivity index (χ2v) is 6.01. The van der Waals surface area contributed by atoms with Crippen LogP contribution < -0.4 is 5.32 Å². The Labute approximate surface area is 149 Å². The van der Waals surface area contributed by atoms with E-state index in [2.05, 4.69) is 15.4 Å². The maximum absolute atomic E-state index is 13.0. The van der Waals surface area contributed by atoms with Crippen LogP contribution in [-0.4, -0.2) is 20.7 Å². The lowest BCUT2D eigenvalue weighted by Crippen LogP contribution is -2.14. The Morgan fingerprint density at radius 3 is 2.60 bits per heavy atom. The lowest BCUT2D eigenvalue weighted by molar-refractivity contribution is 0.102. The first-order valence-corrected chi connectivity index (χ1v) is 8.04. The molecule has 0 saturated carbocycles. The third-order valence-corrected chi connectivity index (χ3v) is 4.05. The molecule has 25 heavy (non-hydrogen) atoms. The summed E-state index contributed by atoms with van der Waals surface area (Å²) in [4.78, 5) is 16.8. The summed E-state index contributed by atoms with van der Waals surface area (Å²) in [6.07, 6.45) is 0. The number of rotatable bonds is 4. The van der Waals surface area contributed by atoms with Crippen LogP contribution in [-0.2, 0) is 6.54 Å². The molecule has 3 rings (SSSR count). The maximum atomic E-state index is 13.0. The minimum atomic E-state index is -0.369. The summed E-state index contributed by atoms with van der Waals surface area (Å²) in [6.45, 7) is 3.90. The number of hydrogen-bond acceptors (Lipinski definition) is 3. The van der Waals surface area contributed by atoms with Gasteiger partial charge >= 0.3 is 0 Å². The highest BCUT2D eigenvalue weighted by molar-refractivity contribution is 6.33. The van der Waals surface area contributed by atoms with Crippen molar-refractivity contribution >= 4 is 23.3 Å². The molecule has 0 aliphatic carbocycles. The smallest absolute Gasteiger partial charge is 0.261 e. The summed E-state index contributed by atoms with van der Waals surface area (Å²) in [5, 5.41) is 7.27. The quantitative estimate of drug-likeness (QED) is 0.767. The summed E-state index contributed by atoms with van der Waals surface area (Å²) in [6, 6.07) is 11.4. The molecule has 0 atom stereocenters. The third-order valence-electron chi connectivity index (χ3n) is 3.67. The van der Waals surface area contributed by atoms with Crippen LogP contribution in [0.2, 0.25) is 5.15 Å². The molecule has 2 aromatic heterocycles. The van der Waals surface area contributed by atoms with Gasteiger partial charge in [-0.25, -0.2) is 14.1 Å². The van der Waals surface area contributed by atoms with E-state index in [-0.39, 0.29) is 16.9 Å². The number of nitrogens with one attached hydrogen (secondary N) is 1. The predicted octanol–water partition coefficient (Wildman–Crippen LogP) is 3.99. The van der Waals surface area contributed by atoms with Crippen LogP contribution in [0, 0.1) is 19.7 Å². The van der Waals surface area contributed by atoms with E-state index < -0.39 is 0 Å². The number of halogens is 2. The van der Waals surface area contributed by atoms with Crippen molar-refractivity contribution < 1.29 is 9.18 Å². The van der Waals surface area contributed by atoms with Crippen LogP contribution in [0.1, 0.15) is 27.3 Å². The minimum absolute atomic E-state index is 0.229. The molecule has 0 unspecified atom stereocenters. The Balaban J connectivity index is 1.83. The van der Waals surface area contributed by atoms with E-state index in [9.17, 15) is 9.18 Å². The van der Waals surface area contributed by atoms with Crippen LogP contribution in [0.25, 0.3) is 0 Å². The fourth-order valence-corrected chi connectivity index (χ4v) is 2.79. The molecule has 128 valence electrons. The molecule has 0 aliphatic rings. The summed E-state index contributed by atoms with van der Waals surface area (Å²) in [7, 11) is 0. The number of anilines is 1. The Morgan fingerprint density at radius 2 is 1.92 bits per heavy atom. The van der Waals surface area contributed by atoms with Gasteiger partial charge in [-0.2, -0.15) is 5.10 Å². The average molecular weight is 359 g/mol. The highest BCUT2D eigenvalue weighted by atomic mass is 35.5. The van der Waals surface area contributed by atoms with E-state index >= 15 is 0 Å². The zero-order valence-electron chi connectivity index (χ0n) is 13.8. The molecule has 0 bridgehead atoms. The fraction of sp³-hybridized carbons (Fsp3) is 0.167. The number of hydrogen-bond donors (Lipinski definition) is 1. The lowest BCUT2D eigenvalue weighted by atomic mass is 10.2. The van der Waals surface area contributed by atoms with E-state index in [1.807, 2.05) is 19.1 Å². The van der Waals surface area contributed by atoms with Crippen LogP contribution >= 0.6 is 11.6 Å². The van der Waals surface area contributed by atoms with Gasteiger partial charge in [-0.3, -0.25) is 4.79 Å². The van der Waals surface area contributed by atoms with Crippen LogP contribution in [0.3, 0.4) is 0 Å². The van der Waals surface area contributed by atoms with Gasteiger partial charge in [0, 0.05) is 5.69 Å². The molecule has 0 saturated heterocycles. The van der Waals surface area contributed by atoms with Crippen LogP contribution in [0.4, 0.5) is 10.2 Å². The largest absolute Gasteiger partial charge is 0.306 e. The van der Waals surface area contributed by atoms with Crippen molar-refractivity contribution in [2.24, 2.45) is 0 Å². The van der Waals surface area contributed by atoms with Gasteiger partial charge in [0.15, 0.2) is 0 Å². The molecule has 1 amide bonds. The number of carbonyl (C=O) groups excluding carboxylic acids is 1. The first-order chi connectivity index (χ1) is 11.9. The summed E-state index contributed by atoms with van der Waals surface area (Å²) in [5.41, 5.74) is 2.44. The number of aromatic nitrogens is 3. The molecule has 1 N–H and O–H groups in total. The first kappa shape index (κ1) is 17.1. The van der Waals surface area contributed by atoms with E-state index in [4.69, 9.17) is 11.6 Å². The SMILES string of the molecule is Cc1cccc(NC(=O)c2c(C)nn(Cc3ccc(F)cc3)c2Cl)n1. The Kier molecular flexibility index (Phi) is 4.81. The van der Waals surface area contributed by atoms with E-state index in [0.717, 1.165) is 11.3 Å². The molecule has 1 aromatic carbocycles. The van der Waals surface area contributed by atoms with Crippen molar-refractivity contribution in [2.45, 2.75) is 20.4 Å². The van der Waals surface area contributed by atoms with Gasteiger partial charge < -0.3 is 5.32 Å². The Hall–Kier alpha value is -2.73. The molecular weight excluding hydrogens is 343 g/mol. The molecule has 5 nitrogen and oxygen atoms in total. The normalized spacial score (nSPS) is 10.7. The molecule has 7 heteroatoms. The van der Waals surface area contributed by atoms with Crippen LogP contribution in [0.15, 0.2) is 42.5 Å². The summed E-state index contributed by atoms with van der Waals surface area (Å²) >= 11 is 6.35. The van der Waals surface area contributed by atoms with Crippen molar-refractivity contribution in [2.75, 3.05) is 5.32 Å². The third kappa shape index (κ3) is 3.85. The maximum Gasteiger partial charge on any atom is 0.261 e. The second-order valence-electron chi connectivity index (χ2n) is 5.65. The number of amides is 1. The lowest BCUT2D eigenvalue weighted by Gasteiger charge is -2.06. The minimum Gasteiger partial charge on any atom is -0.306 e. The number of pyridine rings is 1. The second kappa shape index (κ2) is 7.03. The van der Waals surface area contributed by atoms with E-state index in [1.165, 1.54) is 16.8 Å². The average Bonchev–Trinajstić information content (AvgIpc) is 2.83. The van der Waals surface area contributed by atoms with Crippen molar-refractivity contribution in [1.82, 2.24) is 14.8 Å². The molecule has 3 aromatic rings. The van der Waals surface area contributed by atoms with E-state index in [0.29, 0.717) is 23.6 Å². The summed E-state index contributed by atoms with van der Waals surface area (Å²) < 4.78 is 14.5. The highest BCUT2D eigenvalue weighted by Gasteiger charge is 2.21. The van der Waals surface area contributed by atoms with Crippen molar-refractivity contribution in [1.29, 1.82) is 0 Å². The van der Waals surface area contributed by atoms with Crippen molar-refractivity contribution in [3.63, 3.8) is 0 Å². The number of nitrogens with zero attached hydrogens (tertiary/aromatic N) is 3. The van der Waals surface area contributed by atoms with Crippen molar-refractivity contribution in [3.05, 3.63) is 75.9 Å². The molecule has 0 fully saturated rings. The fourth-order valence-electron chi connectivity index (χ4n) is 2.47. The molecule has 0 spiro atoms. The van der Waals surface area contributed by atoms with Crippen molar-refractivity contribution in [3.8, 4) is 0 Å². The summed E-state index contributed by atoms with van der Waals surface area (Å²) in [5.74, 6) is -0.227.